The number of nitrogens with one attached hydrogen (secondary N) is 3. The zero-order valence-electron chi connectivity index (χ0n) is 14.9. The Bertz CT molecular complexity index is 933. The summed E-state index contributed by atoms with van der Waals surface area (Å²) in [5, 5.41) is 2.58. The minimum absolute atomic E-state index is 0.133. The standard InChI is InChI=1S/C19H17FN4O4/c1-19(13-5-3-2-4-6-13)17(27)24(18(28)21-19)11-15(25)22-23-16(26)12-7-9-14(20)10-8-12/h2-10H,11H2,1H3,(H,21,28)(H,22,25)(H,23,26)/t19-/m0/s1. The molecule has 1 aliphatic rings. The second-order valence-corrected chi connectivity index (χ2v) is 6.32. The summed E-state index contributed by atoms with van der Waals surface area (Å²) in [6.45, 7) is 0.980. The lowest BCUT2D eigenvalue weighted by Gasteiger charge is -2.22. The van der Waals surface area contributed by atoms with Crippen molar-refractivity contribution in [1.29, 1.82) is 0 Å². The van der Waals surface area contributed by atoms with Gasteiger partial charge in [-0.05, 0) is 36.8 Å². The van der Waals surface area contributed by atoms with Crippen LogP contribution in [0.2, 0.25) is 0 Å². The molecule has 8 nitrogen and oxygen atoms in total. The monoisotopic (exact) mass is 384 g/mol. The summed E-state index contributed by atoms with van der Waals surface area (Å²) in [6.07, 6.45) is 0. The Morgan fingerprint density at radius 2 is 1.68 bits per heavy atom. The van der Waals surface area contributed by atoms with E-state index >= 15 is 0 Å². The number of imide groups is 1. The number of hydrogen-bond donors (Lipinski definition) is 3. The van der Waals surface area contributed by atoms with Gasteiger partial charge in [0.25, 0.3) is 17.7 Å². The van der Waals surface area contributed by atoms with Gasteiger partial charge in [-0.15, -0.1) is 0 Å². The molecule has 3 rings (SSSR count). The van der Waals surface area contributed by atoms with Crippen molar-refractivity contribution in [1.82, 2.24) is 21.1 Å². The van der Waals surface area contributed by atoms with Crippen LogP contribution < -0.4 is 16.2 Å². The highest BCUT2D eigenvalue weighted by molar-refractivity contribution is 6.09. The maximum atomic E-state index is 12.9. The van der Waals surface area contributed by atoms with Crippen LogP contribution in [0.4, 0.5) is 9.18 Å². The predicted molar refractivity (Wildman–Crippen MR) is 96.0 cm³/mol. The van der Waals surface area contributed by atoms with Crippen molar-refractivity contribution < 1.29 is 23.6 Å². The van der Waals surface area contributed by atoms with Gasteiger partial charge in [-0.2, -0.15) is 0 Å². The topological polar surface area (TPSA) is 108 Å². The molecule has 1 heterocycles. The molecule has 0 spiro atoms. The van der Waals surface area contributed by atoms with Crippen molar-refractivity contribution in [3.63, 3.8) is 0 Å². The first-order valence-electron chi connectivity index (χ1n) is 8.35. The van der Waals surface area contributed by atoms with E-state index in [9.17, 15) is 23.6 Å². The van der Waals surface area contributed by atoms with Crippen LogP contribution in [-0.2, 0) is 15.1 Å². The zero-order chi connectivity index (χ0) is 20.3. The van der Waals surface area contributed by atoms with Crippen molar-refractivity contribution >= 4 is 23.8 Å². The molecule has 0 saturated carbocycles. The van der Waals surface area contributed by atoms with Crippen molar-refractivity contribution in [3.8, 4) is 0 Å². The highest BCUT2D eigenvalue weighted by Gasteiger charge is 2.49. The number of benzene rings is 2. The summed E-state index contributed by atoms with van der Waals surface area (Å²) < 4.78 is 12.9. The molecule has 0 aliphatic carbocycles. The maximum Gasteiger partial charge on any atom is 0.325 e. The van der Waals surface area contributed by atoms with E-state index in [1.165, 1.54) is 12.1 Å². The van der Waals surface area contributed by atoms with Crippen LogP contribution >= 0.6 is 0 Å². The summed E-state index contributed by atoms with van der Waals surface area (Å²) >= 11 is 0. The third-order valence-electron chi connectivity index (χ3n) is 4.35. The number of urea groups is 1. The fraction of sp³-hybridized carbons (Fsp3) is 0.158. The lowest BCUT2D eigenvalue weighted by Crippen LogP contribution is -2.48. The van der Waals surface area contributed by atoms with Gasteiger partial charge in [0.1, 0.15) is 17.9 Å². The molecule has 0 unspecified atom stereocenters. The Kier molecular flexibility index (Phi) is 5.08. The van der Waals surface area contributed by atoms with Crippen molar-refractivity contribution in [3.05, 3.63) is 71.5 Å². The summed E-state index contributed by atoms with van der Waals surface area (Å²) in [6, 6.07) is 12.7. The second kappa shape index (κ2) is 7.47. The van der Waals surface area contributed by atoms with Crippen LogP contribution in [-0.4, -0.2) is 35.2 Å². The number of carbonyl (C=O) groups excluding carboxylic acids is 4. The Morgan fingerprint density at radius 3 is 2.32 bits per heavy atom. The van der Waals surface area contributed by atoms with E-state index in [0.29, 0.717) is 5.56 Å². The van der Waals surface area contributed by atoms with Crippen molar-refractivity contribution in [2.24, 2.45) is 0 Å². The first-order chi connectivity index (χ1) is 13.3. The number of carbonyl (C=O) groups is 4. The Hall–Kier alpha value is -3.75. The molecule has 9 heteroatoms. The van der Waals surface area contributed by atoms with E-state index in [2.05, 4.69) is 16.2 Å². The predicted octanol–water partition coefficient (Wildman–Crippen LogP) is 1.05. The summed E-state index contributed by atoms with van der Waals surface area (Å²) in [5.41, 5.74) is 3.70. The van der Waals surface area contributed by atoms with Gasteiger partial charge in [0, 0.05) is 5.56 Å². The average Bonchev–Trinajstić information content (AvgIpc) is 2.91. The molecule has 1 aliphatic heterocycles. The van der Waals surface area contributed by atoms with Crippen LogP contribution in [0.15, 0.2) is 54.6 Å². The molecule has 144 valence electrons. The summed E-state index contributed by atoms with van der Waals surface area (Å²) in [5.74, 6) is -2.51. The molecular weight excluding hydrogens is 367 g/mol. The number of amides is 5. The highest BCUT2D eigenvalue weighted by Crippen LogP contribution is 2.28. The van der Waals surface area contributed by atoms with Gasteiger partial charge < -0.3 is 5.32 Å². The molecule has 1 saturated heterocycles. The fourth-order valence-electron chi connectivity index (χ4n) is 2.79. The van der Waals surface area contributed by atoms with Crippen molar-refractivity contribution in [2.75, 3.05) is 6.54 Å². The van der Waals surface area contributed by atoms with Gasteiger partial charge in [-0.25, -0.2) is 9.18 Å². The molecule has 1 atom stereocenters. The zero-order valence-corrected chi connectivity index (χ0v) is 14.9. The minimum atomic E-state index is -1.28. The van der Waals surface area contributed by atoms with Crippen LogP contribution in [0, 0.1) is 5.82 Å². The third-order valence-corrected chi connectivity index (χ3v) is 4.35. The molecule has 1 fully saturated rings. The number of nitrogens with zero attached hydrogens (tertiary/aromatic N) is 1. The molecule has 0 aromatic heterocycles. The molecule has 5 amide bonds. The Morgan fingerprint density at radius 1 is 1.04 bits per heavy atom. The second-order valence-electron chi connectivity index (χ2n) is 6.32. The Balaban J connectivity index is 1.61. The van der Waals surface area contributed by atoms with Gasteiger partial charge >= 0.3 is 6.03 Å². The number of hydrazine groups is 1. The van der Waals surface area contributed by atoms with E-state index in [1.54, 1.807) is 37.3 Å². The van der Waals surface area contributed by atoms with E-state index in [0.717, 1.165) is 17.0 Å². The molecular formula is C19H17FN4O4. The normalized spacial score (nSPS) is 18.6. The molecule has 3 N–H and O–H groups in total. The summed E-state index contributed by atoms with van der Waals surface area (Å²) in [7, 11) is 0. The minimum Gasteiger partial charge on any atom is -0.319 e. The van der Waals surface area contributed by atoms with Gasteiger partial charge in [-0.3, -0.25) is 30.1 Å². The maximum absolute atomic E-state index is 12.9. The van der Waals surface area contributed by atoms with E-state index in [-0.39, 0.29) is 5.56 Å². The van der Waals surface area contributed by atoms with Crippen LogP contribution in [0.5, 0.6) is 0 Å². The third kappa shape index (κ3) is 3.68. The van der Waals surface area contributed by atoms with E-state index < -0.39 is 41.7 Å². The van der Waals surface area contributed by atoms with Gasteiger partial charge in [-0.1, -0.05) is 30.3 Å². The quantitative estimate of drug-likeness (QED) is 0.541. The van der Waals surface area contributed by atoms with Gasteiger partial charge in [0.05, 0.1) is 0 Å². The molecule has 0 bridgehead atoms. The lowest BCUT2D eigenvalue weighted by molar-refractivity contribution is -0.135. The van der Waals surface area contributed by atoms with Crippen LogP contribution in [0.25, 0.3) is 0 Å². The smallest absolute Gasteiger partial charge is 0.319 e. The van der Waals surface area contributed by atoms with Crippen LogP contribution in [0.3, 0.4) is 0 Å². The van der Waals surface area contributed by atoms with E-state index in [4.69, 9.17) is 0 Å². The molecule has 2 aromatic carbocycles. The Labute approximate surface area is 159 Å². The lowest BCUT2D eigenvalue weighted by atomic mass is 9.92. The number of hydrogen-bond acceptors (Lipinski definition) is 4. The van der Waals surface area contributed by atoms with Gasteiger partial charge in [0.15, 0.2) is 0 Å². The largest absolute Gasteiger partial charge is 0.325 e. The SMILES string of the molecule is C[C@@]1(c2ccccc2)NC(=O)N(CC(=O)NNC(=O)c2ccc(F)cc2)C1=O. The number of rotatable bonds is 4. The summed E-state index contributed by atoms with van der Waals surface area (Å²) in [4.78, 5) is 49.6. The average molecular weight is 384 g/mol. The molecule has 28 heavy (non-hydrogen) atoms. The molecule has 2 aromatic rings. The van der Waals surface area contributed by atoms with Gasteiger partial charge in [0.2, 0.25) is 0 Å². The highest BCUT2D eigenvalue weighted by atomic mass is 19.1. The molecule has 0 radical (unpaired) electrons. The first-order valence-corrected chi connectivity index (χ1v) is 8.35. The number of halogens is 1. The van der Waals surface area contributed by atoms with Crippen molar-refractivity contribution in [2.45, 2.75) is 12.5 Å². The van der Waals surface area contributed by atoms with E-state index in [1.807, 2.05) is 0 Å². The fourth-order valence-corrected chi connectivity index (χ4v) is 2.79. The van der Waals surface area contributed by atoms with Crippen LogP contribution in [0.1, 0.15) is 22.8 Å². The first kappa shape index (κ1) is 19.0.